The Kier molecular flexibility index (Phi) is 41.7. The molecule has 33 heteroatoms. The van der Waals surface area contributed by atoms with E-state index in [1.165, 1.54) is 59.9 Å². The van der Waals surface area contributed by atoms with Gasteiger partial charge >= 0.3 is 61.1 Å². The van der Waals surface area contributed by atoms with Crippen molar-refractivity contribution < 1.29 is 120 Å². The van der Waals surface area contributed by atoms with Crippen LogP contribution in [-0.2, 0) is 71.3 Å². The van der Waals surface area contributed by atoms with Gasteiger partial charge in [0.05, 0.1) is 40.6 Å². The van der Waals surface area contributed by atoms with Gasteiger partial charge in [-0.1, -0.05) is 20.8 Å². The van der Waals surface area contributed by atoms with Gasteiger partial charge in [-0.15, -0.1) is 24.8 Å². The molecule has 5 N–H and O–H groups in total. The van der Waals surface area contributed by atoms with Gasteiger partial charge in [0.2, 0.25) is 0 Å². The van der Waals surface area contributed by atoms with Crippen LogP contribution in [0.1, 0.15) is 248 Å². The van der Waals surface area contributed by atoms with E-state index in [9.17, 15) is 48.3 Å². The van der Waals surface area contributed by atoms with E-state index >= 15 is 0 Å². The summed E-state index contributed by atoms with van der Waals surface area (Å²) in [5.74, 6) is -0.780. The maximum Gasteiger partial charge on any atom is 1.00 e. The van der Waals surface area contributed by atoms with Crippen molar-refractivity contribution in [2.45, 2.75) is 342 Å². The normalized spacial score (nSPS) is 29.6. The summed E-state index contributed by atoms with van der Waals surface area (Å²) in [6.07, 6.45) is 28.0. The molecule has 0 aromatic heterocycles. The molecule has 12 saturated heterocycles. The van der Waals surface area contributed by atoms with Gasteiger partial charge in [-0.25, -0.2) is 33.6 Å². The van der Waals surface area contributed by atoms with Crippen molar-refractivity contribution in [1.29, 1.82) is 0 Å². The molecule has 8 atom stereocenters. The molecule has 0 aromatic rings. The number of aliphatic carboxylic acids is 1. The largest absolute Gasteiger partial charge is 1.00 e. The Morgan fingerprint density at radius 3 is 0.922 bits per heavy atom. The monoisotopic (exact) mass is 1670 g/mol. The van der Waals surface area contributed by atoms with Crippen molar-refractivity contribution in [3.63, 3.8) is 0 Å². The van der Waals surface area contributed by atoms with E-state index in [1.54, 1.807) is 33.2 Å². The molecule has 115 heavy (non-hydrogen) atoms. The molecule has 8 bridgehead atoms. The van der Waals surface area contributed by atoms with Crippen LogP contribution in [0.25, 0.3) is 0 Å². The van der Waals surface area contributed by atoms with Gasteiger partial charge < -0.3 is 88.6 Å². The van der Waals surface area contributed by atoms with E-state index in [-0.39, 0.29) is 146 Å². The summed E-state index contributed by atoms with van der Waals surface area (Å²) in [5.41, 5.74) is 2.95. The first kappa shape index (κ1) is 103. The minimum Gasteiger partial charge on any atom is -0.870 e. The molecule has 14 rings (SSSR count). The maximum atomic E-state index is 13.1. The van der Waals surface area contributed by atoms with Crippen LogP contribution < -0.4 is 29.9 Å². The molecule has 0 radical (unpaired) electrons. The molecular weight excluding hydrogens is 1520 g/mol. The number of nitrogens with zero attached hydrogens (tertiary/aromatic N) is 7. The number of hydrogen-bond acceptors (Lipinski definition) is 25. The quantitative estimate of drug-likeness (QED) is 0.0712. The molecule has 0 aromatic carbocycles. The third-order valence-corrected chi connectivity index (χ3v) is 27.6. The van der Waals surface area contributed by atoms with Crippen LogP contribution >= 0.6 is 24.8 Å². The number of hydrogen-bond donors (Lipinski definition) is 3. The number of Topliss-reactive ketones (excluding diaryl/α,β-unsaturated/α-hetero) is 2. The van der Waals surface area contributed by atoms with Crippen molar-refractivity contribution in [3.05, 3.63) is 0 Å². The number of rotatable bonds is 17. The number of ether oxygens (including phenoxy) is 10. The third-order valence-electron chi connectivity index (χ3n) is 27.6. The van der Waals surface area contributed by atoms with E-state index in [0.717, 1.165) is 155 Å². The molecular formula is C82H144Cl2LiN9O21. The number of methoxy groups -OCH3 is 6. The van der Waals surface area contributed by atoms with Crippen LogP contribution in [0.5, 0.6) is 0 Å². The van der Waals surface area contributed by atoms with Gasteiger partial charge in [0.1, 0.15) is 11.4 Å². The van der Waals surface area contributed by atoms with E-state index < -0.39 is 28.4 Å². The first-order valence-corrected chi connectivity index (χ1v) is 41.8. The summed E-state index contributed by atoms with van der Waals surface area (Å²) < 4.78 is 52.2. The van der Waals surface area contributed by atoms with E-state index in [4.69, 9.17) is 53.1 Å². The van der Waals surface area contributed by atoms with Crippen molar-refractivity contribution >= 4 is 78.7 Å². The fourth-order valence-electron chi connectivity index (χ4n) is 20.6. The topological polar surface area (TPSA) is 357 Å². The van der Waals surface area contributed by atoms with Crippen molar-refractivity contribution in [3.8, 4) is 0 Å². The molecule has 12 heterocycles. The van der Waals surface area contributed by atoms with Gasteiger partial charge in [0, 0.05) is 159 Å². The second-order valence-corrected chi connectivity index (χ2v) is 34.0. The summed E-state index contributed by atoms with van der Waals surface area (Å²) in [6.45, 7) is 20.0. The Labute approximate surface area is 709 Å². The number of carbonyl (C=O) groups excluding carboxylic acids is 8. The van der Waals surface area contributed by atoms with Crippen LogP contribution in [0.2, 0.25) is 0 Å². The minimum atomic E-state index is -1.03. The number of carboxylic acid groups (broad SMARTS) is 1. The minimum absolute atomic E-state index is 0. The molecule has 8 unspecified atom stereocenters. The molecule has 30 nitrogen and oxygen atoms in total. The Morgan fingerprint density at radius 1 is 0.417 bits per heavy atom. The SMILES string of the molecule is C.CC1(N)CCC1.CCOC(=O)N1C2CCC1CC(=O)C2.CCOC(=O)N1C2CCC1CC(N1CCC(OC)(C(=O)CC3(C)CCC3)CC1)C2.CCOC(=O)N1C2CCC1CC(N1CCC(OC)(C(=O)O)CC1)C2.CCOC(=O)N1C2CCC1CC(N1CCC(OC)(C(=O)OC)CC1)C2.COC(=O)C1(OC)CCNCC1.Cl.Cl.[Li+].[OH-]. The van der Waals surface area contributed by atoms with Crippen LogP contribution in [0.15, 0.2) is 0 Å². The van der Waals surface area contributed by atoms with E-state index in [0.29, 0.717) is 120 Å². The molecule has 12 aliphatic heterocycles. The summed E-state index contributed by atoms with van der Waals surface area (Å²) >= 11 is 0. The predicted octanol–water partition coefficient (Wildman–Crippen LogP) is 7.73. The fraction of sp³-hybridized carbons (Fsp3) is 0.890. The summed E-state index contributed by atoms with van der Waals surface area (Å²) in [4.78, 5) is 123. The molecule has 0 spiro atoms. The molecule has 658 valence electrons. The van der Waals surface area contributed by atoms with Crippen LogP contribution in [0, 0.1) is 5.41 Å². The molecule has 2 saturated carbocycles. The first-order chi connectivity index (χ1) is 52.6. The second kappa shape index (κ2) is 46.6. The van der Waals surface area contributed by atoms with Crippen LogP contribution in [0.4, 0.5) is 19.2 Å². The maximum absolute atomic E-state index is 13.1. The number of halogens is 2. The smallest absolute Gasteiger partial charge is 0.870 e. The number of likely N-dealkylation sites (tertiary alicyclic amines) is 3. The van der Waals surface area contributed by atoms with E-state index in [2.05, 4.69) is 33.9 Å². The van der Waals surface area contributed by atoms with Crippen molar-refractivity contribution in [1.82, 2.24) is 39.6 Å². The first-order valence-electron chi connectivity index (χ1n) is 41.8. The predicted molar refractivity (Wildman–Crippen MR) is 432 cm³/mol. The zero-order valence-corrected chi connectivity index (χ0v) is 72.6. The molecule has 2 aliphatic carbocycles. The van der Waals surface area contributed by atoms with Crippen molar-refractivity contribution in [2.24, 2.45) is 11.1 Å². The average molecular weight is 1670 g/mol. The summed E-state index contributed by atoms with van der Waals surface area (Å²) in [7, 11) is 9.16. The Morgan fingerprint density at radius 2 is 0.678 bits per heavy atom. The number of nitrogens with two attached hydrogens (primary N) is 1. The summed E-state index contributed by atoms with van der Waals surface area (Å²) in [5, 5.41) is 12.6. The average Bonchev–Trinajstić information content (AvgIpc) is 1.76. The number of esters is 2. The standard InChI is InChI=1S/C23H38N2O4.C18H30N2O5.C17H28N2O5.C10H15NO3.C8H15NO3.C5H11N.CH4.2ClH.Li.H2O/c1-4-29-21(27)25-17-6-7-18(25)15-19(14-17)24-12-10-23(28-3,11-13-24)20(26)16-22(2)8-5-9-22;1-4-25-17(22)20-13-5-6-14(20)12-15(11-13)19-9-7-18(24-3,8-10-19)16(21)23-2;1-3-24-16(22)19-12-4-5-13(19)11-14(10-12)18-8-6-17(23-2,7-9-18)15(20)21;1-2-14-10(13)11-7-3-4-8(11)6-9(12)5-7;1-11-7(10)8(12-2)3-5-9-6-4-8;1-5(6)3-2-4-5;;;;;/h17-19H,4-16H2,1-3H3;13-15H,4-12H2,1-3H3;12-14H,3-11H2,1-2H3,(H,20,21);7-8H,2-6H2,1H3;9H,3-6H2,1-2H3;2-4,6H2,1H3;1H4;2*1H;;1H2/q;;;;;;;;;+1;/p-1. The zero-order chi connectivity index (χ0) is 79.8. The summed E-state index contributed by atoms with van der Waals surface area (Å²) in [6, 6.07) is 3.36. The molecule has 14 aliphatic rings. The van der Waals surface area contributed by atoms with E-state index in [1.807, 2.05) is 35.5 Å². The zero-order valence-electron chi connectivity index (χ0n) is 70.9. The van der Waals surface area contributed by atoms with Crippen LogP contribution in [-0.4, -0.2) is 315 Å². The second-order valence-electron chi connectivity index (χ2n) is 34.0. The van der Waals surface area contributed by atoms with Crippen molar-refractivity contribution in [2.75, 3.05) is 121 Å². The number of carbonyl (C=O) groups is 9. The number of amides is 4. The van der Waals surface area contributed by atoms with Gasteiger partial charge in [0.15, 0.2) is 22.6 Å². The number of carboxylic acids is 1. The van der Waals surface area contributed by atoms with Gasteiger partial charge in [-0.3, -0.25) is 24.3 Å². The molecule has 14 fully saturated rings. The fourth-order valence-corrected chi connectivity index (χ4v) is 20.6. The number of nitrogens with one attached hydrogen (secondary N) is 1. The Bertz CT molecular complexity index is 3020. The Balaban J connectivity index is 0.000000302. The third kappa shape index (κ3) is 24.7. The van der Waals surface area contributed by atoms with Crippen LogP contribution in [0.3, 0.4) is 0 Å². The Hall–Kier alpha value is -4.39. The van der Waals surface area contributed by atoms with Gasteiger partial charge in [0.25, 0.3) is 0 Å². The molecule has 4 amide bonds. The number of piperidine rings is 8. The van der Waals surface area contributed by atoms with Gasteiger partial charge in [-0.2, -0.15) is 0 Å². The number of fused-ring (bicyclic) bond motifs is 8. The van der Waals surface area contributed by atoms with Gasteiger partial charge in [-0.05, 0) is 226 Å². The number of ketones is 2.